The molecule has 8 heteroatoms. The molecule has 0 spiro atoms. The highest BCUT2D eigenvalue weighted by atomic mass is 16.7. The molecule has 0 aliphatic heterocycles. The number of aliphatic hydroxyl groups is 4. The van der Waals surface area contributed by atoms with Gasteiger partial charge in [0.15, 0.2) is 0 Å². The maximum Gasteiger partial charge on any atom is 0.394 e. The van der Waals surface area contributed by atoms with Gasteiger partial charge < -0.3 is 30.8 Å². The first-order valence-electron chi connectivity index (χ1n) is 2.64. The van der Waals surface area contributed by atoms with E-state index in [1.165, 1.54) is 5.32 Å². The van der Waals surface area contributed by atoms with Crippen LogP contribution in [0.15, 0.2) is 0 Å². The van der Waals surface area contributed by atoms with Crippen molar-refractivity contribution in [1.29, 1.82) is 0 Å². The number of rotatable bonds is 2. The highest BCUT2D eigenvalue weighted by Gasteiger charge is 2.33. The van der Waals surface area contributed by atoms with E-state index in [0.29, 0.717) is 0 Å². The molecule has 70 valence electrons. The zero-order chi connectivity index (χ0) is 9.94. The van der Waals surface area contributed by atoms with Gasteiger partial charge in [-0.15, -0.1) is 0 Å². The molecule has 0 aromatic heterocycles. The zero-order valence-corrected chi connectivity index (χ0v) is 5.63. The number of carbonyl (C=O) groups excluding carboxylic acids is 1. The lowest BCUT2D eigenvalue weighted by Crippen LogP contribution is -2.54. The van der Waals surface area contributed by atoms with Crippen LogP contribution in [0.5, 0.6) is 0 Å². The third-order valence-corrected chi connectivity index (χ3v) is 0.829. The molecule has 0 heterocycles. The Kier molecular flexibility index (Phi) is 3.10. The molecule has 8 nitrogen and oxygen atoms in total. The fourth-order valence-corrected chi connectivity index (χ4v) is 0.283. The number of hydrogen-bond donors (Lipinski definition) is 6. The van der Waals surface area contributed by atoms with Crippen LogP contribution < -0.4 is 5.32 Å². The van der Waals surface area contributed by atoms with Crippen molar-refractivity contribution in [1.82, 2.24) is 5.32 Å². The van der Waals surface area contributed by atoms with Crippen molar-refractivity contribution in [2.45, 2.75) is 12.2 Å². The second kappa shape index (κ2) is 3.45. The van der Waals surface area contributed by atoms with Crippen LogP contribution in [0.25, 0.3) is 0 Å². The van der Waals surface area contributed by atoms with Crippen LogP contribution in [0.4, 0.5) is 0 Å². The number of aliphatic carboxylic acids is 1. The molecule has 0 aliphatic carbocycles. The highest BCUT2D eigenvalue weighted by molar-refractivity contribution is 6.31. The third kappa shape index (κ3) is 3.25. The van der Waals surface area contributed by atoms with Crippen molar-refractivity contribution >= 4 is 11.9 Å². The van der Waals surface area contributed by atoms with Gasteiger partial charge in [0.1, 0.15) is 0 Å². The summed E-state index contributed by atoms with van der Waals surface area (Å²) in [6.07, 6.45) is -2.49. The van der Waals surface area contributed by atoms with Gasteiger partial charge in [-0.2, -0.15) is 0 Å². The van der Waals surface area contributed by atoms with Crippen molar-refractivity contribution in [3.63, 3.8) is 0 Å². The molecule has 0 aromatic carbocycles. The minimum Gasteiger partial charge on any atom is -0.474 e. The fourth-order valence-electron chi connectivity index (χ4n) is 0.283. The highest BCUT2D eigenvalue weighted by Crippen LogP contribution is 1.96. The van der Waals surface area contributed by atoms with E-state index < -0.39 is 24.1 Å². The molecule has 0 saturated heterocycles. The molecule has 0 radical (unpaired) electrons. The molecule has 12 heavy (non-hydrogen) atoms. The maximum absolute atomic E-state index is 10.2. The van der Waals surface area contributed by atoms with Crippen molar-refractivity contribution in [3.8, 4) is 0 Å². The quantitative estimate of drug-likeness (QED) is 0.188. The Morgan fingerprint density at radius 3 is 1.92 bits per heavy atom. The summed E-state index contributed by atoms with van der Waals surface area (Å²) in [5, 5.41) is 42.1. The van der Waals surface area contributed by atoms with E-state index in [1.807, 2.05) is 0 Å². The van der Waals surface area contributed by atoms with Crippen LogP contribution in [0, 0.1) is 0 Å². The lowest BCUT2D eigenvalue weighted by atomic mass is 10.4. The summed E-state index contributed by atoms with van der Waals surface area (Å²) in [4.78, 5) is 20.0. The molecule has 0 rings (SSSR count). The van der Waals surface area contributed by atoms with E-state index in [2.05, 4.69) is 0 Å². The van der Waals surface area contributed by atoms with Crippen molar-refractivity contribution in [2.75, 3.05) is 0 Å². The minimum atomic E-state index is -3.56. The van der Waals surface area contributed by atoms with Gasteiger partial charge in [-0.3, -0.25) is 4.79 Å². The predicted octanol–water partition coefficient (Wildman–Crippen LogP) is -3.86. The molecule has 0 bridgehead atoms. The summed E-state index contributed by atoms with van der Waals surface area (Å²) in [6, 6.07) is 0. The number of hydrogen-bond acceptors (Lipinski definition) is 6. The SMILES string of the molecule is O=C(O)C(=O)NC(O)C(O)(O)O. The van der Waals surface area contributed by atoms with Crippen LogP contribution in [0.2, 0.25) is 0 Å². The second-order valence-corrected chi connectivity index (χ2v) is 1.87. The van der Waals surface area contributed by atoms with Crippen LogP contribution in [-0.4, -0.2) is 49.6 Å². The van der Waals surface area contributed by atoms with E-state index in [1.54, 1.807) is 0 Å². The predicted molar refractivity (Wildman–Crippen MR) is 31.2 cm³/mol. The number of carboxylic acids is 1. The molecule has 1 amide bonds. The number of amides is 1. The lowest BCUT2D eigenvalue weighted by Gasteiger charge is -2.20. The average molecular weight is 181 g/mol. The van der Waals surface area contributed by atoms with Crippen molar-refractivity contribution in [2.24, 2.45) is 0 Å². The van der Waals surface area contributed by atoms with Crippen LogP contribution in [-0.2, 0) is 9.59 Å². The van der Waals surface area contributed by atoms with Crippen LogP contribution >= 0.6 is 0 Å². The van der Waals surface area contributed by atoms with E-state index in [9.17, 15) is 9.59 Å². The molecular weight excluding hydrogens is 174 g/mol. The van der Waals surface area contributed by atoms with Crippen molar-refractivity contribution < 1.29 is 35.1 Å². The summed E-state index contributed by atoms with van der Waals surface area (Å²) in [5.41, 5.74) is 0. The van der Waals surface area contributed by atoms with Gasteiger partial charge in [0.05, 0.1) is 0 Å². The number of nitrogens with one attached hydrogen (secondary N) is 1. The third-order valence-electron chi connectivity index (χ3n) is 0.829. The Morgan fingerprint density at radius 1 is 1.25 bits per heavy atom. The Hall–Kier alpha value is -1.22. The largest absolute Gasteiger partial charge is 0.474 e. The van der Waals surface area contributed by atoms with E-state index in [0.717, 1.165) is 0 Å². The van der Waals surface area contributed by atoms with Gasteiger partial charge in [-0.25, -0.2) is 4.79 Å². The van der Waals surface area contributed by atoms with Crippen LogP contribution in [0.1, 0.15) is 0 Å². The molecule has 6 N–H and O–H groups in total. The summed E-state index contributed by atoms with van der Waals surface area (Å²) in [6.45, 7) is 0. The van der Waals surface area contributed by atoms with Gasteiger partial charge in [-0.05, 0) is 0 Å². The van der Waals surface area contributed by atoms with Gasteiger partial charge in [0.25, 0.3) is 0 Å². The molecule has 0 saturated carbocycles. The maximum atomic E-state index is 10.2. The Balaban J connectivity index is 4.11. The van der Waals surface area contributed by atoms with Crippen molar-refractivity contribution in [3.05, 3.63) is 0 Å². The topological polar surface area (TPSA) is 147 Å². The average Bonchev–Trinajstić information content (AvgIpc) is 1.85. The van der Waals surface area contributed by atoms with E-state index >= 15 is 0 Å². The normalized spacial score (nSPS) is 13.7. The zero-order valence-electron chi connectivity index (χ0n) is 5.63. The number of carbonyl (C=O) groups is 2. The van der Waals surface area contributed by atoms with E-state index in [4.69, 9.17) is 25.5 Å². The Labute approximate surface area is 65.7 Å². The summed E-state index contributed by atoms with van der Waals surface area (Å²) in [7, 11) is 0. The summed E-state index contributed by atoms with van der Waals surface area (Å²) in [5.74, 6) is -7.17. The first-order valence-corrected chi connectivity index (χ1v) is 2.64. The standard InChI is InChI=1S/C4H7NO7/c6-1(2(7)8)5-3(9)4(10,11)12/h3,9-12H,(H,5,6)(H,7,8). The summed E-state index contributed by atoms with van der Waals surface area (Å²) >= 11 is 0. The molecular formula is C4H7NO7. The smallest absolute Gasteiger partial charge is 0.394 e. The molecule has 0 fully saturated rings. The second-order valence-electron chi connectivity index (χ2n) is 1.87. The number of carboxylic acid groups (broad SMARTS) is 1. The first kappa shape index (κ1) is 10.8. The molecule has 1 atom stereocenters. The lowest BCUT2D eigenvalue weighted by molar-refractivity contribution is -0.358. The van der Waals surface area contributed by atoms with Crippen LogP contribution in [0.3, 0.4) is 0 Å². The summed E-state index contributed by atoms with van der Waals surface area (Å²) < 4.78 is 0. The Bertz CT molecular complexity index is 194. The molecule has 0 aromatic rings. The molecule has 0 aliphatic rings. The van der Waals surface area contributed by atoms with Gasteiger partial charge in [0, 0.05) is 0 Å². The Morgan fingerprint density at radius 2 is 1.67 bits per heavy atom. The van der Waals surface area contributed by atoms with Gasteiger partial charge >= 0.3 is 17.8 Å². The van der Waals surface area contributed by atoms with Gasteiger partial charge in [-0.1, -0.05) is 0 Å². The van der Waals surface area contributed by atoms with Gasteiger partial charge in [0.2, 0.25) is 6.23 Å². The van der Waals surface area contributed by atoms with E-state index in [-0.39, 0.29) is 0 Å². The monoisotopic (exact) mass is 181 g/mol. The molecule has 1 unspecified atom stereocenters. The fraction of sp³-hybridized carbons (Fsp3) is 0.500. The number of aliphatic hydroxyl groups excluding tert-OH is 1. The first-order chi connectivity index (χ1) is 5.25. The minimum absolute atomic E-state index is 1.19.